The lowest BCUT2D eigenvalue weighted by Gasteiger charge is -2.14. The number of benzene rings is 2. The van der Waals surface area contributed by atoms with Gasteiger partial charge in [-0.15, -0.1) is 11.3 Å². The molecule has 0 bridgehead atoms. The minimum Gasteiger partial charge on any atom is -0.493 e. The van der Waals surface area contributed by atoms with E-state index in [4.69, 9.17) is 18.6 Å². The highest BCUT2D eigenvalue weighted by Gasteiger charge is 2.17. The fourth-order valence-corrected chi connectivity index (χ4v) is 3.89. The average Bonchev–Trinajstić information content (AvgIpc) is 3.48. The van der Waals surface area contributed by atoms with Crippen LogP contribution in [-0.4, -0.2) is 32.2 Å². The standard InChI is InChI=1S/C23H20FN3O4S/c1-28-20-11-15(12-21(29-2)22(20)30-3)19-14-32-23(26-18-9-5-4-8-17(18)24)27(19)25-13-16-7-6-10-31-16/h4-14H,1-3H3/b25-13-,26-23?. The zero-order valence-corrected chi connectivity index (χ0v) is 18.4. The molecule has 0 radical (unpaired) electrons. The van der Waals surface area contributed by atoms with Crippen LogP contribution in [-0.2, 0) is 0 Å². The maximum atomic E-state index is 14.2. The summed E-state index contributed by atoms with van der Waals surface area (Å²) < 4.78 is 37.6. The van der Waals surface area contributed by atoms with Crippen molar-refractivity contribution in [2.75, 3.05) is 21.3 Å². The highest BCUT2D eigenvalue weighted by Crippen LogP contribution is 2.41. The van der Waals surface area contributed by atoms with Gasteiger partial charge in [0, 0.05) is 10.9 Å². The van der Waals surface area contributed by atoms with Gasteiger partial charge in [0.15, 0.2) is 11.5 Å². The van der Waals surface area contributed by atoms with E-state index in [9.17, 15) is 4.39 Å². The van der Waals surface area contributed by atoms with E-state index in [0.29, 0.717) is 33.5 Å². The maximum absolute atomic E-state index is 14.2. The monoisotopic (exact) mass is 453 g/mol. The zero-order chi connectivity index (χ0) is 22.5. The van der Waals surface area contributed by atoms with Crippen molar-refractivity contribution >= 4 is 23.2 Å². The summed E-state index contributed by atoms with van der Waals surface area (Å²) in [5.74, 6) is 1.63. The van der Waals surface area contributed by atoms with Crippen molar-refractivity contribution in [3.8, 4) is 28.5 Å². The van der Waals surface area contributed by atoms with Crippen LogP contribution < -0.4 is 19.0 Å². The Labute approximate surface area is 187 Å². The number of aromatic nitrogens is 1. The molecule has 0 saturated heterocycles. The Morgan fingerprint density at radius 3 is 2.38 bits per heavy atom. The molecular weight excluding hydrogens is 433 g/mol. The molecule has 0 aliphatic heterocycles. The van der Waals surface area contributed by atoms with Crippen molar-refractivity contribution in [3.05, 3.63) is 76.6 Å². The average molecular weight is 453 g/mol. The molecule has 0 unspecified atom stereocenters. The molecular formula is C23H20FN3O4S. The number of rotatable bonds is 7. The Morgan fingerprint density at radius 2 is 1.75 bits per heavy atom. The Hall–Kier alpha value is -3.85. The second-order valence-electron chi connectivity index (χ2n) is 6.45. The fourth-order valence-electron chi connectivity index (χ4n) is 3.04. The van der Waals surface area contributed by atoms with Gasteiger partial charge in [-0.2, -0.15) is 5.10 Å². The molecule has 0 saturated carbocycles. The quantitative estimate of drug-likeness (QED) is 0.366. The van der Waals surface area contributed by atoms with Gasteiger partial charge in [0.25, 0.3) is 0 Å². The van der Waals surface area contributed by atoms with Crippen molar-refractivity contribution in [2.45, 2.75) is 0 Å². The topological polar surface area (TPSA) is 70.5 Å². The normalized spacial score (nSPS) is 11.8. The van der Waals surface area contributed by atoms with E-state index in [1.807, 2.05) is 17.5 Å². The van der Waals surface area contributed by atoms with E-state index < -0.39 is 5.82 Å². The Kier molecular flexibility index (Phi) is 6.37. The number of ether oxygens (including phenoxy) is 3. The summed E-state index contributed by atoms with van der Waals surface area (Å²) >= 11 is 1.32. The van der Waals surface area contributed by atoms with Gasteiger partial charge in [-0.3, -0.25) is 0 Å². The molecule has 9 heteroatoms. The largest absolute Gasteiger partial charge is 0.493 e. The number of nitrogens with zero attached hydrogens (tertiary/aromatic N) is 3. The first kappa shape index (κ1) is 21.4. The maximum Gasteiger partial charge on any atom is 0.211 e. The molecule has 0 aliphatic carbocycles. The highest BCUT2D eigenvalue weighted by molar-refractivity contribution is 7.07. The molecule has 0 atom stereocenters. The molecule has 4 rings (SSSR count). The second-order valence-corrected chi connectivity index (χ2v) is 7.29. The van der Waals surface area contributed by atoms with E-state index in [2.05, 4.69) is 10.1 Å². The highest BCUT2D eigenvalue weighted by atomic mass is 32.1. The molecule has 2 aromatic heterocycles. The van der Waals surface area contributed by atoms with Gasteiger partial charge in [0.2, 0.25) is 10.6 Å². The van der Waals surface area contributed by atoms with Crippen molar-refractivity contribution in [2.24, 2.45) is 10.1 Å². The number of para-hydroxylation sites is 1. The molecule has 2 heterocycles. The second kappa shape index (κ2) is 9.52. The van der Waals surface area contributed by atoms with Gasteiger partial charge in [-0.05, 0) is 36.4 Å². The van der Waals surface area contributed by atoms with Crippen molar-refractivity contribution in [1.82, 2.24) is 4.68 Å². The molecule has 4 aromatic rings. The Balaban J connectivity index is 1.92. The van der Waals surface area contributed by atoms with Gasteiger partial charge in [-0.25, -0.2) is 14.1 Å². The Bertz CT molecular complexity index is 1280. The molecule has 0 aliphatic rings. The third kappa shape index (κ3) is 4.28. The molecule has 0 spiro atoms. The number of halogens is 1. The Morgan fingerprint density at radius 1 is 1.00 bits per heavy atom. The van der Waals surface area contributed by atoms with Crippen molar-refractivity contribution < 1.29 is 23.0 Å². The number of thiazole rings is 1. The summed E-state index contributed by atoms with van der Waals surface area (Å²) in [6, 6.07) is 13.5. The van der Waals surface area contributed by atoms with Gasteiger partial charge < -0.3 is 18.6 Å². The first-order chi connectivity index (χ1) is 15.6. The van der Waals surface area contributed by atoms with Crippen LogP contribution in [0.5, 0.6) is 17.2 Å². The van der Waals surface area contributed by atoms with Crippen LogP contribution in [0.4, 0.5) is 10.1 Å². The van der Waals surface area contributed by atoms with Gasteiger partial charge in [-0.1, -0.05) is 12.1 Å². The summed E-state index contributed by atoms with van der Waals surface area (Å²) in [7, 11) is 4.65. The van der Waals surface area contributed by atoms with Crippen LogP contribution in [0.25, 0.3) is 11.3 Å². The lowest BCUT2D eigenvalue weighted by Crippen LogP contribution is -2.11. The third-order valence-corrected chi connectivity index (χ3v) is 5.37. The molecule has 2 aromatic carbocycles. The van der Waals surface area contributed by atoms with Crippen molar-refractivity contribution in [1.29, 1.82) is 0 Å². The minimum atomic E-state index is -0.420. The van der Waals surface area contributed by atoms with Crippen LogP contribution in [0, 0.1) is 5.82 Å². The summed E-state index contributed by atoms with van der Waals surface area (Å²) in [5, 5.41) is 6.42. The summed E-state index contributed by atoms with van der Waals surface area (Å²) in [5.41, 5.74) is 1.67. The first-order valence-electron chi connectivity index (χ1n) is 9.52. The predicted octanol–water partition coefficient (Wildman–Crippen LogP) is 5.09. The molecule has 0 N–H and O–H groups in total. The smallest absolute Gasteiger partial charge is 0.211 e. The van der Waals surface area contributed by atoms with Crippen LogP contribution in [0.3, 0.4) is 0 Å². The summed E-state index contributed by atoms with van der Waals surface area (Å²) in [6.07, 6.45) is 3.12. The van der Waals surface area contributed by atoms with E-state index in [0.717, 1.165) is 5.56 Å². The third-order valence-electron chi connectivity index (χ3n) is 4.56. The van der Waals surface area contributed by atoms with Crippen molar-refractivity contribution in [3.63, 3.8) is 0 Å². The fraction of sp³-hybridized carbons (Fsp3) is 0.130. The molecule has 164 valence electrons. The van der Waals surface area contributed by atoms with Crippen LogP contribution >= 0.6 is 11.3 Å². The van der Waals surface area contributed by atoms with Crippen LogP contribution in [0.2, 0.25) is 0 Å². The van der Waals surface area contributed by atoms with E-state index in [-0.39, 0.29) is 5.69 Å². The predicted molar refractivity (Wildman–Crippen MR) is 121 cm³/mol. The zero-order valence-electron chi connectivity index (χ0n) is 17.6. The van der Waals surface area contributed by atoms with Crippen LogP contribution in [0.1, 0.15) is 5.76 Å². The van der Waals surface area contributed by atoms with Gasteiger partial charge >= 0.3 is 0 Å². The molecule has 7 nitrogen and oxygen atoms in total. The van der Waals surface area contributed by atoms with E-state index in [1.165, 1.54) is 17.4 Å². The summed E-state index contributed by atoms with van der Waals surface area (Å²) in [6.45, 7) is 0. The number of hydrogen-bond acceptors (Lipinski definition) is 7. The lowest BCUT2D eigenvalue weighted by molar-refractivity contribution is 0.324. The SMILES string of the molecule is COc1cc(-c2csc(=Nc3ccccc3F)n2/N=C\c2ccco2)cc(OC)c1OC. The number of furan rings is 1. The van der Waals surface area contributed by atoms with Crippen LogP contribution in [0.15, 0.2) is 74.7 Å². The number of methoxy groups -OCH3 is 3. The molecule has 32 heavy (non-hydrogen) atoms. The lowest BCUT2D eigenvalue weighted by atomic mass is 10.1. The summed E-state index contributed by atoms with van der Waals surface area (Å²) in [4.78, 5) is 4.95. The number of hydrogen-bond donors (Lipinski definition) is 0. The van der Waals surface area contributed by atoms with Gasteiger partial charge in [0.05, 0.1) is 39.5 Å². The molecule has 0 amide bonds. The van der Waals surface area contributed by atoms with E-state index >= 15 is 0 Å². The first-order valence-corrected chi connectivity index (χ1v) is 10.4. The molecule has 0 fully saturated rings. The minimum absolute atomic E-state index is 0.216. The van der Waals surface area contributed by atoms with Gasteiger partial charge in [0.1, 0.15) is 17.3 Å². The van der Waals surface area contributed by atoms with E-state index in [1.54, 1.807) is 68.8 Å².